The largest absolute Gasteiger partial charge is 0.465 e. The molecule has 0 aliphatic carbocycles. The summed E-state index contributed by atoms with van der Waals surface area (Å²) in [6, 6.07) is 15.8. The second kappa shape index (κ2) is 18.4. The van der Waals surface area contributed by atoms with Crippen molar-refractivity contribution in [2.24, 2.45) is 0 Å². The summed E-state index contributed by atoms with van der Waals surface area (Å²) in [4.78, 5) is 49.9. The predicted molar refractivity (Wildman–Crippen MR) is 191 cm³/mol. The first kappa shape index (κ1) is 39.0. The average Bonchev–Trinajstić information content (AvgIpc) is 3.53. The third-order valence-corrected chi connectivity index (χ3v) is 9.67. The number of anilines is 1. The van der Waals surface area contributed by atoms with Gasteiger partial charge in [-0.3, -0.25) is 23.9 Å². The summed E-state index contributed by atoms with van der Waals surface area (Å²) in [6.45, 7) is 2.90. The minimum Gasteiger partial charge on any atom is -0.465 e. The number of aromatic nitrogens is 4. The number of terminal acetylenes is 1. The fourth-order valence-electron chi connectivity index (χ4n) is 5.14. The van der Waals surface area contributed by atoms with Crippen LogP contribution in [-0.2, 0) is 47.8 Å². The number of imidazole rings is 1. The number of nitrogens with two attached hydrogens (primary N) is 1. The van der Waals surface area contributed by atoms with Crippen LogP contribution in [0.25, 0.3) is 11.2 Å². The van der Waals surface area contributed by atoms with Crippen molar-refractivity contribution in [1.82, 2.24) is 29.7 Å². The number of esters is 2. The molecule has 0 amide bonds. The Morgan fingerprint density at radius 2 is 1.53 bits per heavy atom. The number of aliphatic hydroxyl groups excluding tert-OH is 1. The van der Waals surface area contributed by atoms with Crippen molar-refractivity contribution in [3.8, 4) is 12.3 Å². The topological polar surface area (TPSA) is 213 Å². The van der Waals surface area contributed by atoms with E-state index in [1.807, 2.05) is 74.5 Å². The maximum Gasteiger partial charge on any atom is 0.323 e. The third-order valence-electron chi connectivity index (χ3n) is 7.72. The summed E-state index contributed by atoms with van der Waals surface area (Å²) in [7, 11) is -4.20. The number of aliphatic hydroxyl groups is 1. The molecule has 6 N–H and O–H groups in total. The van der Waals surface area contributed by atoms with Crippen LogP contribution in [0, 0.1) is 12.3 Å². The number of ether oxygens (including phenoxy) is 3. The summed E-state index contributed by atoms with van der Waals surface area (Å²) < 4.78 is 33.6. The Hall–Kier alpha value is -4.84. The standard InChI is InChI=1S/C35H44N7O8P/c1-4-17-48-32(45)27(19-25-13-9-7-10-14-25)40-51(47,41-28(33(46)49-18-5-2)20-26-15-11-8-12-16-26)24-50-35(6-3,22-43)21-42-23-37-29-30(42)38-34(36)39-31(29)44/h3,7-16,23,27-28,43H,4-5,17-22,24H2,1-2H3,(H2,40,41,47)(H3,36,38,39,44)/t27-,28-,35-/m0/s1. The van der Waals surface area contributed by atoms with E-state index in [1.54, 1.807) is 0 Å². The second-order valence-corrected chi connectivity index (χ2v) is 14.1. The first-order chi connectivity index (χ1) is 24.5. The second-order valence-electron chi connectivity index (χ2n) is 11.9. The van der Waals surface area contributed by atoms with Gasteiger partial charge >= 0.3 is 11.9 Å². The van der Waals surface area contributed by atoms with E-state index in [-0.39, 0.29) is 49.7 Å². The van der Waals surface area contributed by atoms with Crippen LogP contribution in [0.3, 0.4) is 0 Å². The molecule has 0 saturated heterocycles. The summed E-state index contributed by atoms with van der Waals surface area (Å²) in [5, 5.41) is 16.4. The molecule has 272 valence electrons. The van der Waals surface area contributed by atoms with E-state index in [1.165, 1.54) is 10.9 Å². The lowest BCUT2D eigenvalue weighted by molar-refractivity contribution is -0.146. The number of H-pyrrole nitrogens is 1. The van der Waals surface area contributed by atoms with Crippen molar-refractivity contribution in [2.75, 3.05) is 31.9 Å². The Labute approximate surface area is 295 Å². The van der Waals surface area contributed by atoms with Gasteiger partial charge in [0.15, 0.2) is 16.8 Å². The summed E-state index contributed by atoms with van der Waals surface area (Å²) >= 11 is 0. The van der Waals surface area contributed by atoms with Crippen molar-refractivity contribution in [2.45, 2.75) is 63.8 Å². The van der Waals surface area contributed by atoms with Gasteiger partial charge in [0.25, 0.3) is 5.56 Å². The van der Waals surface area contributed by atoms with Gasteiger partial charge in [-0.05, 0) is 36.8 Å². The molecule has 51 heavy (non-hydrogen) atoms. The van der Waals surface area contributed by atoms with Gasteiger partial charge in [0.1, 0.15) is 18.4 Å². The molecule has 0 unspecified atom stereocenters. The number of benzene rings is 2. The van der Waals surface area contributed by atoms with Crippen molar-refractivity contribution < 1.29 is 33.5 Å². The van der Waals surface area contributed by atoms with Crippen molar-refractivity contribution in [3.05, 3.63) is 88.5 Å². The maximum absolute atomic E-state index is 15.1. The Balaban J connectivity index is 1.72. The number of rotatable bonds is 20. The molecular weight excluding hydrogens is 677 g/mol. The van der Waals surface area contributed by atoms with E-state index in [9.17, 15) is 19.5 Å². The minimum atomic E-state index is -4.20. The van der Waals surface area contributed by atoms with Crippen LogP contribution in [0.2, 0.25) is 0 Å². The van der Waals surface area contributed by atoms with Crippen LogP contribution < -0.4 is 21.5 Å². The number of carbonyl (C=O) groups excluding carboxylic acids is 2. The quantitative estimate of drug-likeness (QED) is 0.0505. The molecule has 0 fully saturated rings. The van der Waals surface area contributed by atoms with Gasteiger partial charge < -0.3 is 29.6 Å². The highest BCUT2D eigenvalue weighted by molar-refractivity contribution is 7.59. The van der Waals surface area contributed by atoms with Crippen LogP contribution >= 0.6 is 7.44 Å². The molecule has 2 aromatic heterocycles. The lowest BCUT2D eigenvalue weighted by Crippen LogP contribution is -2.48. The fraction of sp³-hybridized carbons (Fsp3) is 0.400. The Kier molecular flexibility index (Phi) is 14.1. The van der Waals surface area contributed by atoms with Crippen LogP contribution in [0.1, 0.15) is 37.8 Å². The van der Waals surface area contributed by atoms with Gasteiger partial charge in [-0.1, -0.05) is 80.4 Å². The number of nitrogens with zero attached hydrogens (tertiary/aromatic N) is 3. The lowest BCUT2D eigenvalue weighted by Gasteiger charge is -2.33. The number of hydrogen-bond acceptors (Lipinski definition) is 11. The van der Waals surface area contributed by atoms with Crippen LogP contribution in [-0.4, -0.2) is 80.4 Å². The number of nitrogens with one attached hydrogen (secondary N) is 3. The van der Waals surface area contributed by atoms with Gasteiger partial charge in [0, 0.05) is 0 Å². The number of carbonyl (C=O) groups is 2. The molecule has 0 bridgehead atoms. The molecule has 4 rings (SSSR count). The van der Waals surface area contributed by atoms with E-state index in [0.29, 0.717) is 12.8 Å². The van der Waals surface area contributed by atoms with E-state index in [2.05, 4.69) is 31.0 Å². The minimum absolute atomic E-state index is 0.0224. The number of aromatic amines is 1. The number of fused-ring (bicyclic) bond motifs is 1. The SMILES string of the molecule is C#C[C@@](CO)(Cn1cnc2c(=O)[nH]c(N)nc21)OCP(=O)(N[C@@H](Cc1ccccc1)C(=O)OCCC)N[C@@H](Cc1ccccc1)C(=O)OCCC. The Morgan fingerprint density at radius 1 is 1.00 bits per heavy atom. The summed E-state index contributed by atoms with van der Waals surface area (Å²) in [6.07, 6.45) is 7.78. The number of nitrogen functional groups attached to an aromatic ring is 1. The first-order valence-electron chi connectivity index (χ1n) is 16.5. The molecule has 16 heteroatoms. The van der Waals surface area contributed by atoms with Gasteiger partial charge in [0.05, 0.1) is 32.7 Å². The Bertz CT molecular complexity index is 1830. The van der Waals surface area contributed by atoms with Crippen molar-refractivity contribution in [1.29, 1.82) is 0 Å². The zero-order valence-corrected chi connectivity index (χ0v) is 29.5. The molecule has 0 aliphatic rings. The summed E-state index contributed by atoms with van der Waals surface area (Å²) in [5.74, 6) is 0.934. The Morgan fingerprint density at radius 3 is 2.00 bits per heavy atom. The highest BCUT2D eigenvalue weighted by atomic mass is 31.2. The molecular formula is C35H44N7O8P. The van der Waals surface area contributed by atoms with E-state index >= 15 is 4.57 Å². The van der Waals surface area contributed by atoms with Gasteiger partial charge in [-0.25, -0.2) is 15.2 Å². The highest BCUT2D eigenvalue weighted by Crippen LogP contribution is 2.40. The van der Waals surface area contributed by atoms with Crippen molar-refractivity contribution in [3.63, 3.8) is 0 Å². The van der Waals surface area contributed by atoms with Gasteiger partial charge in [-0.2, -0.15) is 4.98 Å². The number of hydrogen-bond donors (Lipinski definition) is 5. The van der Waals surface area contributed by atoms with Crippen LogP contribution in [0.4, 0.5) is 5.95 Å². The zero-order valence-electron chi connectivity index (χ0n) is 28.6. The molecule has 0 saturated carbocycles. The monoisotopic (exact) mass is 721 g/mol. The fourth-order valence-corrected chi connectivity index (χ4v) is 7.19. The van der Waals surface area contributed by atoms with E-state index < -0.39 is 55.6 Å². The van der Waals surface area contributed by atoms with Crippen molar-refractivity contribution >= 4 is 36.5 Å². The molecule has 0 spiro atoms. The van der Waals surface area contributed by atoms with Gasteiger partial charge in [0.2, 0.25) is 13.4 Å². The average molecular weight is 722 g/mol. The molecule has 0 aliphatic heterocycles. The van der Waals surface area contributed by atoms with E-state index in [4.69, 9.17) is 26.4 Å². The molecule has 4 aromatic rings. The molecule has 3 atom stereocenters. The third kappa shape index (κ3) is 10.8. The predicted octanol–water partition coefficient (Wildman–Crippen LogP) is 2.54. The molecule has 2 aromatic carbocycles. The molecule has 2 heterocycles. The van der Waals surface area contributed by atoms with Gasteiger partial charge in [-0.15, -0.1) is 6.42 Å². The van der Waals surface area contributed by atoms with Crippen LogP contribution in [0.5, 0.6) is 0 Å². The van der Waals surface area contributed by atoms with E-state index in [0.717, 1.165) is 11.1 Å². The normalized spacial score (nSPS) is 13.9. The maximum atomic E-state index is 15.1. The highest BCUT2D eigenvalue weighted by Gasteiger charge is 2.39. The first-order valence-corrected chi connectivity index (χ1v) is 18.4. The molecule has 0 radical (unpaired) electrons. The lowest BCUT2D eigenvalue weighted by atomic mass is 10.1. The summed E-state index contributed by atoms with van der Waals surface area (Å²) in [5.41, 5.74) is 4.89. The molecule has 15 nitrogen and oxygen atoms in total. The van der Waals surface area contributed by atoms with Crippen LogP contribution in [0.15, 0.2) is 71.8 Å². The zero-order chi connectivity index (χ0) is 36.9. The smallest absolute Gasteiger partial charge is 0.323 e.